The highest BCUT2D eigenvalue weighted by Gasteiger charge is 2.12. The average molecular weight is 351 g/mol. The highest BCUT2D eigenvalue weighted by molar-refractivity contribution is 7.99. The molecule has 0 fully saturated rings. The predicted octanol–water partition coefficient (Wildman–Crippen LogP) is 4.57. The molecule has 0 aliphatic heterocycles. The number of carbonyl (C=O) groups excluding carboxylic acids is 1. The van der Waals surface area contributed by atoms with Gasteiger partial charge in [-0.2, -0.15) is 0 Å². The Morgan fingerprint density at radius 1 is 1.28 bits per heavy atom. The first-order valence-corrected chi connectivity index (χ1v) is 9.13. The van der Waals surface area contributed by atoms with Crippen LogP contribution in [0.3, 0.4) is 0 Å². The summed E-state index contributed by atoms with van der Waals surface area (Å²) in [6, 6.07) is 14.0. The van der Waals surface area contributed by atoms with Gasteiger partial charge in [-0.25, -0.2) is 4.98 Å². The number of para-hydroxylation sites is 2. The van der Waals surface area contributed by atoms with Crippen molar-refractivity contribution < 1.29 is 4.79 Å². The fourth-order valence-corrected chi connectivity index (χ4v) is 3.56. The van der Waals surface area contributed by atoms with E-state index < -0.39 is 0 Å². The Bertz CT molecular complexity index is 930. The largest absolute Gasteiger partial charge is 0.325 e. The first-order valence-electron chi connectivity index (χ1n) is 8.14. The van der Waals surface area contributed by atoms with Gasteiger partial charge in [-0.3, -0.25) is 4.79 Å². The zero-order valence-corrected chi connectivity index (χ0v) is 15.3. The minimum Gasteiger partial charge on any atom is -0.325 e. The standard InChI is InChI=1S/C20H21N3OS/c1-4-11-23-18-8-6-5-7-17(18)22-20(23)25-13-19(24)21-16-10-9-14(2)12-15(16)3/h4-10,12H,1,11,13H2,2-3H3,(H,21,24). The summed E-state index contributed by atoms with van der Waals surface area (Å²) in [6.45, 7) is 8.52. The molecule has 0 spiro atoms. The number of nitrogens with zero attached hydrogens (tertiary/aromatic N) is 2. The Balaban J connectivity index is 1.72. The van der Waals surface area contributed by atoms with Crippen molar-refractivity contribution in [2.75, 3.05) is 11.1 Å². The van der Waals surface area contributed by atoms with Crippen LogP contribution in [0.25, 0.3) is 11.0 Å². The van der Waals surface area contributed by atoms with Crippen LogP contribution in [0.1, 0.15) is 11.1 Å². The number of imidazole rings is 1. The van der Waals surface area contributed by atoms with E-state index in [9.17, 15) is 4.79 Å². The number of allylic oxidation sites excluding steroid dienone is 1. The van der Waals surface area contributed by atoms with Crippen LogP contribution in [0.15, 0.2) is 60.3 Å². The van der Waals surface area contributed by atoms with Crippen LogP contribution in [-0.4, -0.2) is 21.2 Å². The number of anilines is 1. The number of hydrogen-bond acceptors (Lipinski definition) is 3. The number of fused-ring (bicyclic) bond motifs is 1. The molecule has 1 aromatic heterocycles. The van der Waals surface area contributed by atoms with Crippen molar-refractivity contribution in [3.05, 3.63) is 66.2 Å². The quantitative estimate of drug-likeness (QED) is 0.523. The Kier molecular flexibility index (Phi) is 5.24. The number of thioether (sulfide) groups is 1. The van der Waals surface area contributed by atoms with Gasteiger partial charge in [-0.15, -0.1) is 6.58 Å². The molecule has 2 aromatic carbocycles. The molecule has 25 heavy (non-hydrogen) atoms. The van der Waals surface area contributed by atoms with Crippen LogP contribution in [-0.2, 0) is 11.3 Å². The van der Waals surface area contributed by atoms with Gasteiger partial charge in [-0.1, -0.05) is 47.7 Å². The summed E-state index contributed by atoms with van der Waals surface area (Å²) >= 11 is 1.44. The van der Waals surface area contributed by atoms with Gasteiger partial charge in [-0.05, 0) is 37.6 Å². The highest BCUT2D eigenvalue weighted by Crippen LogP contribution is 2.24. The molecule has 0 bridgehead atoms. The predicted molar refractivity (Wildman–Crippen MR) is 105 cm³/mol. The van der Waals surface area contributed by atoms with E-state index in [-0.39, 0.29) is 5.91 Å². The van der Waals surface area contributed by atoms with Crippen molar-refractivity contribution in [3.8, 4) is 0 Å². The summed E-state index contributed by atoms with van der Waals surface area (Å²) < 4.78 is 2.08. The maximum Gasteiger partial charge on any atom is 0.234 e. The SMILES string of the molecule is C=CCn1c(SCC(=O)Nc2ccc(C)cc2C)nc2ccccc21. The van der Waals surface area contributed by atoms with Crippen LogP contribution >= 0.6 is 11.8 Å². The highest BCUT2D eigenvalue weighted by atomic mass is 32.2. The third kappa shape index (κ3) is 3.94. The third-order valence-electron chi connectivity index (χ3n) is 3.92. The monoisotopic (exact) mass is 351 g/mol. The number of nitrogens with one attached hydrogen (secondary N) is 1. The van der Waals surface area contributed by atoms with Crippen molar-refractivity contribution in [2.45, 2.75) is 25.5 Å². The summed E-state index contributed by atoms with van der Waals surface area (Å²) in [5.41, 5.74) is 5.09. The number of rotatable bonds is 6. The van der Waals surface area contributed by atoms with Crippen molar-refractivity contribution in [1.29, 1.82) is 0 Å². The van der Waals surface area contributed by atoms with Gasteiger partial charge in [0.15, 0.2) is 5.16 Å². The summed E-state index contributed by atoms with van der Waals surface area (Å²) in [5, 5.41) is 3.81. The molecule has 0 aliphatic rings. The summed E-state index contributed by atoms with van der Waals surface area (Å²) in [7, 11) is 0. The molecule has 3 rings (SSSR count). The van der Waals surface area contributed by atoms with E-state index in [0.29, 0.717) is 12.3 Å². The fourth-order valence-electron chi connectivity index (χ4n) is 2.74. The first-order chi connectivity index (χ1) is 12.1. The molecular formula is C20H21N3OS. The van der Waals surface area contributed by atoms with Gasteiger partial charge in [0.2, 0.25) is 5.91 Å². The zero-order valence-electron chi connectivity index (χ0n) is 14.5. The normalized spacial score (nSPS) is 10.8. The topological polar surface area (TPSA) is 46.9 Å². The van der Waals surface area contributed by atoms with E-state index in [0.717, 1.165) is 27.4 Å². The lowest BCUT2D eigenvalue weighted by Gasteiger charge is -2.09. The second-order valence-electron chi connectivity index (χ2n) is 5.94. The molecule has 1 amide bonds. The molecular weight excluding hydrogens is 330 g/mol. The van der Waals surface area contributed by atoms with E-state index in [1.807, 2.05) is 56.3 Å². The third-order valence-corrected chi connectivity index (χ3v) is 4.90. The minimum atomic E-state index is -0.0332. The lowest BCUT2D eigenvalue weighted by atomic mass is 10.1. The first kappa shape index (κ1) is 17.3. The van der Waals surface area contributed by atoms with E-state index in [4.69, 9.17) is 0 Å². The molecule has 0 radical (unpaired) electrons. The van der Waals surface area contributed by atoms with E-state index in [1.54, 1.807) is 0 Å². The number of hydrogen-bond donors (Lipinski definition) is 1. The maximum absolute atomic E-state index is 12.3. The Labute approximate surface area is 152 Å². The molecule has 1 heterocycles. The molecule has 0 saturated heterocycles. The molecule has 1 N–H and O–H groups in total. The lowest BCUT2D eigenvalue weighted by molar-refractivity contribution is -0.113. The van der Waals surface area contributed by atoms with Gasteiger partial charge in [0.25, 0.3) is 0 Å². The second-order valence-corrected chi connectivity index (χ2v) is 6.88. The number of benzene rings is 2. The Hall–Kier alpha value is -2.53. The van der Waals surface area contributed by atoms with Gasteiger partial charge in [0.1, 0.15) is 0 Å². The Morgan fingerprint density at radius 3 is 2.84 bits per heavy atom. The second kappa shape index (κ2) is 7.57. The van der Waals surface area contributed by atoms with Crippen molar-refractivity contribution >= 4 is 34.4 Å². The number of amides is 1. The van der Waals surface area contributed by atoms with Crippen LogP contribution in [0.5, 0.6) is 0 Å². The number of aromatic nitrogens is 2. The molecule has 0 unspecified atom stereocenters. The minimum absolute atomic E-state index is 0.0332. The molecule has 4 nitrogen and oxygen atoms in total. The van der Waals surface area contributed by atoms with Crippen LogP contribution in [0.4, 0.5) is 5.69 Å². The van der Waals surface area contributed by atoms with Crippen molar-refractivity contribution in [2.24, 2.45) is 0 Å². The van der Waals surface area contributed by atoms with E-state index in [2.05, 4.69) is 27.5 Å². The summed E-state index contributed by atoms with van der Waals surface area (Å²) in [6.07, 6.45) is 1.84. The lowest BCUT2D eigenvalue weighted by Crippen LogP contribution is -2.15. The zero-order chi connectivity index (χ0) is 17.8. The Morgan fingerprint density at radius 2 is 2.08 bits per heavy atom. The summed E-state index contributed by atoms with van der Waals surface area (Å²) in [4.78, 5) is 17.0. The molecule has 3 aromatic rings. The van der Waals surface area contributed by atoms with Crippen LogP contribution in [0, 0.1) is 13.8 Å². The maximum atomic E-state index is 12.3. The van der Waals surface area contributed by atoms with Crippen molar-refractivity contribution in [3.63, 3.8) is 0 Å². The van der Waals surface area contributed by atoms with Gasteiger partial charge >= 0.3 is 0 Å². The van der Waals surface area contributed by atoms with Crippen LogP contribution < -0.4 is 5.32 Å². The van der Waals surface area contributed by atoms with Gasteiger partial charge in [0.05, 0.1) is 16.8 Å². The molecule has 0 aliphatic carbocycles. The van der Waals surface area contributed by atoms with E-state index in [1.165, 1.54) is 17.3 Å². The molecule has 0 atom stereocenters. The fraction of sp³-hybridized carbons (Fsp3) is 0.200. The number of aryl methyl sites for hydroxylation is 2. The van der Waals surface area contributed by atoms with E-state index >= 15 is 0 Å². The van der Waals surface area contributed by atoms with Crippen molar-refractivity contribution in [1.82, 2.24) is 9.55 Å². The van der Waals surface area contributed by atoms with Gasteiger partial charge in [0, 0.05) is 12.2 Å². The molecule has 0 saturated carbocycles. The summed E-state index contributed by atoms with van der Waals surface area (Å²) in [5.74, 6) is 0.280. The van der Waals surface area contributed by atoms with Gasteiger partial charge < -0.3 is 9.88 Å². The molecule has 128 valence electrons. The average Bonchev–Trinajstić information content (AvgIpc) is 2.94. The smallest absolute Gasteiger partial charge is 0.234 e. The number of carbonyl (C=O) groups is 1. The molecule has 5 heteroatoms. The van der Waals surface area contributed by atoms with Crippen LogP contribution in [0.2, 0.25) is 0 Å².